The lowest BCUT2D eigenvalue weighted by atomic mass is 10.1. The van der Waals surface area contributed by atoms with Gasteiger partial charge >= 0.3 is 11.9 Å². The molecular formula is C17H16ClN4O+. The number of nitrogens with two attached hydrogens (primary N) is 1. The highest BCUT2D eigenvalue weighted by Gasteiger charge is 2.26. The third-order valence-electron chi connectivity index (χ3n) is 3.61. The minimum absolute atomic E-state index is 0.0123. The van der Waals surface area contributed by atoms with Gasteiger partial charge < -0.3 is 0 Å². The van der Waals surface area contributed by atoms with Crippen LogP contribution in [0.25, 0.3) is 0 Å². The fourth-order valence-electron chi connectivity index (χ4n) is 2.44. The van der Waals surface area contributed by atoms with Gasteiger partial charge in [0.2, 0.25) is 0 Å². The first-order valence-corrected chi connectivity index (χ1v) is 7.59. The zero-order valence-electron chi connectivity index (χ0n) is 12.3. The summed E-state index contributed by atoms with van der Waals surface area (Å²) in [5, 5.41) is 7.52. The van der Waals surface area contributed by atoms with E-state index in [0.29, 0.717) is 10.6 Å². The van der Waals surface area contributed by atoms with Gasteiger partial charge in [0, 0.05) is 17.7 Å². The van der Waals surface area contributed by atoms with E-state index in [0.717, 1.165) is 12.0 Å². The lowest BCUT2D eigenvalue weighted by Gasteiger charge is -2.11. The average Bonchev–Trinajstić information content (AvgIpc) is 3.06. The third-order valence-corrected chi connectivity index (χ3v) is 3.86. The van der Waals surface area contributed by atoms with Gasteiger partial charge in [-0.1, -0.05) is 41.9 Å². The van der Waals surface area contributed by atoms with Crippen LogP contribution in [0.1, 0.15) is 28.4 Å². The van der Waals surface area contributed by atoms with Crippen molar-refractivity contribution < 1.29 is 9.48 Å². The molecule has 116 valence electrons. The number of amides is 1. The summed E-state index contributed by atoms with van der Waals surface area (Å²) in [4.78, 5) is 12.2. The third kappa shape index (κ3) is 3.40. The quantitative estimate of drug-likeness (QED) is 0.657. The van der Waals surface area contributed by atoms with Crippen molar-refractivity contribution in [1.82, 2.24) is 5.32 Å². The van der Waals surface area contributed by atoms with Crippen LogP contribution >= 0.6 is 11.6 Å². The number of hydrogen-bond acceptors (Lipinski definition) is 2. The highest BCUT2D eigenvalue weighted by atomic mass is 35.5. The summed E-state index contributed by atoms with van der Waals surface area (Å²) in [6, 6.07) is 16.5. The summed E-state index contributed by atoms with van der Waals surface area (Å²) in [5.74, 6) is -0.0966. The average molecular weight is 328 g/mol. The minimum Gasteiger partial charge on any atom is -0.289 e. The second-order valence-electron chi connectivity index (χ2n) is 5.15. The monoisotopic (exact) mass is 327 g/mol. The summed E-state index contributed by atoms with van der Waals surface area (Å²) < 4.78 is 1.63. The molecule has 23 heavy (non-hydrogen) atoms. The molecule has 0 radical (unpaired) electrons. The second kappa shape index (κ2) is 6.62. The molecule has 1 atom stereocenters. The highest BCUT2D eigenvalue weighted by molar-refractivity contribution is 6.30. The maximum Gasteiger partial charge on any atom is 0.375 e. The fourth-order valence-corrected chi connectivity index (χ4v) is 2.57. The zero-order chi connectivity index (χ0) is 16.2. The molecule has 2 aromatic rings. The number of nitrogens with zero attached hydrogens (tertiary/aromatic N) is 2. The van der Waals surface area contributed by atoms with Gasteiger partial charge in [0.25, 0.3) is 0 Å². The number of hydrogen-bond donors (Lipinski definition) is 2. The van der Waals surface area contributed by atoms with E-state index in [1.807, 2.05) is 30.3 Å². The number of guanidine groups is 1. The van der Waals surface area contributed by atoms with Crippen molar-refractivity contribution in [2.75, 3.05) is 0 Å². The Bertz CT molecular complexity index is 769. The first-order chi connectivity index (χ1) is 11.1. The summed E-state index contributed by atoms with van der Waals surface area (Å²) in [7, 11) is 0. The standard InChI is InChI=1S/C17H15ClN4O/c18-14-8-6-13(7-9-14)16(23)21-17(19)22-15(10-11-20-22)12-4-2-1-3-5-12/h1-9,11,15H,10H2,(H2,19,21,23)/p+1/t15-/m1/s1. The van der Waals surface area contributed by atoms with E-state index in [9.17, 15) is 4.79 Å². The van der Waals surface area contributed by atoms with Crippen molar-refractivity contribution in [3.63, 3.8) is 0 Å². The Kier molecular flexibility index (Phi) is 4.39. The second-order valence-corrected chi connectivity index (χ2v) is 5.59. The molecule has 0 spiro atoms. The first kappa shape index (κ1) is 15.2. The SMILES string of the molecule is NC(NC(=O)c1ccc(Cl)cc1)=[N+]1N=CC[C@@H]1c1ccccc1. The van der Waals surface area contributed by atoms with E-state index < -0.39 is 0 Å². The van der Waals surface area contributed by atoms with Crippen molar-refractivity contribution in [3.8, 4) is 0 Å². The molecule has 5 nitrogen and oxygen atoms in total. The minimum atomic E-state index is -0.298. The molecule has 0 saturated carbocycles. The van der Waals surface area contributed by atoms with E-state index >= 15 is 0 Å². The van der Waals surface area contributed by atoms with Crippen LogP contribution in [0.2, 0.25) is 5.02 Å². The Morgan fingerprint density at radius 2 is 1.87 bits per heavy atom. The van der Waals surface area contributed by atoms with Gasteiger partial charge in [-0.15, -0.1) is 9.79 Å². The van der Waals surface area contributed by atoms with Crippen LogP contribution in [0.15, 0.2) is 59.7 Å². The fraction of sp³-hybridized carbons (Fsp3) is 0.118. The Morgan fingerprint density at radius 3 is 2.57 bits per heavy atom. The van der Waals surface area contributed by atoms with E-state index in [2.05, 4.69) is 10.4 Å². The van der Waals surface area contributed by atoms with Crippen LogP contribution in [0.5, 0.6) is 0 Å². The largest absolute Gasteiger partial charge is 0.375 e. The molecule has 0 bridgehead atoms. The molecule has 3 N–H and O–H groups in total. The van der Waals surface area contributed by atoms with E-state index in [1.54, 1.807) is 35.2 Å². The lowest BCUT2D eigenvalue weighted by molar-refractivity contribution is -0.569. The molecular weight excluding hydrogens is 312 g/mol. The molecule has 1 aliphatic heterocycles. The molecule has 0 unspecified atom stereocenters. The lowest BCUT2D eigenvalue weighted by Crippen LogP contribution is -2.42. The molecule has 0 fully saturated rings. The Labute approximate surface area is 139 Å². The topological polar surface area (TPSA) is 70.5 Å². The summed E-state index contributed by atoms with van der Waals surface area (Å²) in [6.45, 7) is 0. The maximum absolute atomic E-state index is 12.2. The van der Waals surface area contributed by atoms with Gasteiger partial charge in [-0.2, -0.15) is 0 Å². The van der Waals surface area contributed by atoms with Crippen molar-refractivity contribution >= 4 is 29.7 Å². The Morgan fingerprint density at radius 1 is 1.17 bits per heavy atom. The van der Waals surface area contributed by atoms with Crippen LogP contribution in [-0.4, -0.2) is 22.8 Å². The number of benzene rings is 2. The van der Waals surface area contributed by atoms with E-state index in [-0.39, 0.29) is 17.9 Å². The van der Waals surface area contributed by atoms with Crippen LogP contribution in [0.3, 0.4) is 0 Å². The smallest absolute Gasteiger partial charge is 0.289 e. The summed E-state index contributed by atoms with van der Waals surface area (Å²) >= 11 is 5.82. The van der Waals surface area contributed by atoms with Crippen molar-refractivity contribution in [1.29, 1.82) is 0 Å². The van der Waals surface area contributed by atoms with Gasteiger partial charge in [0.15, 0.2) is 0 Å². The number of carbonyl (C=O) groups excluding carboxylic acids is 1. The van der Waals surface area contributed by atoms with Crippen LogP contribution in [-0.2, 0) is 0 Å². The van der Waals surface area contributed by atoms with Crippen LogP contribution in [0.4, 0.5) is 0 Å². The van der Waals surface area contributed by atoms with Gasteiger partial charge in [-0.3, -0.25) is 10.5 Å². The Hall–Kier alpha value is -2.66. The molecule has 1 heterocycles. The summed E-state index contributed by atoms with van der Waals surface area (Å²) in [6.07, 6.45) is 2.53. The predicted molar refractivity (Wildman–Crippen MR) is 90.7 cm³/mol. The molecule has 1 amide bonds. The van der Waals surface area contributed by atoms with E-state index in [4.69, 9.17) is 17.3 Å². The number of carbonyl (C=O) groups is 1. The maximum atomic E-state index is 12.2. The Balaban J connectivity index is 1.81. The van der Waals surface area contributed by atoms with Gasteiger partial charge in [0.1, 0.15) is 6.04 Å². The molecule has 0 saturated heterocycles. The van der Waals surface area contributed by atoms with Gasteiger partial charge in [-0.05, 0) is 29.8 Å². The zero-order valence-corrected chi connectivity index (χ0v) is 13.1. The van der Waals surface area contributed by atoms with Gasteiger partial charge in [0.05, 0.1) is 5.56 Å². The molecule has 6 heteroatoms. The highest BCUT2D eigenvalue weighted by Crippen LogP contribution is 2.23. The van der Waals surface area contributed by atoms with Crippen LogP contribution < -0.4 is 11.1 Å². The predicted octanol–water partition coefficient (Wildman–Crippen LogP) is 2.53. The van der Waals surface area contributed by atoms with Crippen molar-refractivity contribution in [3.05, 3.63) is 70.7 Å². The van der Waals surface area contributed by atoms with Crippen molar-refractivity contribution in [2.24, 2.45) is 10.8 Å². The van der Waals surface area contributed by atoms with Gasteiger partial charge in [-0.25, -0.2) is 5.32 Å². The van der Waals surface area contributed by atoms with Crippen LogP contribution in [0, 0.1) is 0 Å². The first-order valence-electron chi connectivity index (χ1n) is 7.21. The number of hydrazone groups is 1. The molecule has 1 aliphatic rings. The molecule has 0 aromatic heterocycles. The number of halogens is 1. The van der Waals surface area contributed by atoms with E-state index in [1.165, 1.54) is 0 Å². The molecule has 0 aliphatic carbocycles. The summed E-state index contributed by atoms with van der Waals surface area (Å²) in [5.41, 5.74) is 7.62. The normalized spacial score (nSPS) is 18.7. The number of rotatable bonds is 2. The van der Waals surface area contributed by atoms with Crippen molar-refractivity contribution in [2.45, 2.75) is 12.5 Å². The molecule has 3 rings (SSSR count). The molecule has 2 aromatic carbocycles. The number of nitrogens with one attached hydrogen (secondary N) is 1.